The molecule has 156 valence electrons. The third-order valence-corrected chi connectivity index (χ3v) is 5.59. The van der Waals surface area contributed by atoms with Crippen molar-refractivity contribution in [3.63, 3.8) is 0 Å². The van der Waals surface area contributed by atoms with Gasteiger partial charge in [0.25, 0.3) is 0 Å². The summed E-state index contributed by atoms with van der Waals surface area (Å²) in [6.07, 6.45) is 0. The van der Waals surface area contributed by atoms with Crippen molar-refractivity contribution < 1.29 is 121 Å². The number of hydrogen-bond donors (Lipinski definition) is 4. The van der Waals surface area contributed by atoms with Gasteiger partial charge < -0.3 is 47.7 Å². The second-order valence-electron chi connectivity index (χ2n) is 3.28. The largest absolute Gasteiger partial charge is 1.00 e. The second-order valence-corrected chi connectivity index (χ2v) is 10.1. The Balaban J connectivity index is -0.0000000500. The van der Waals surface area contributed by atoms with Gasteiger partial charge in [0.15, 0.2) is 0 Å². The quantitative estimate of drug-likeness (QED) is 0.136. The number of nitrogens with two attached hydrogens (primary N) is 2. The van der Waals surface area contributed by atoms with Gasteiger partial charge in [-0.3, -0.25) is 9.11 Å². The third kappa shape index (κ3) is 38.5. The first-order chi connectivity index (χ1) is 9.65. The van der Waals surface area contributed by atoms with Crippen molar-refractivity contribution in [2.45, 2.75) is 12.1 Å². The van der Waals surface area contributed by atoms with Crippen molar-refractivity contribution in [2.24, 2.45) is 11.5 Å². The van der Waals surface area contributed by atoms with E-state index in [9.17, 15) is 36.6 Å². The Morgan fingerprint density at radius 3 is 1.07 bits per heavy atom. The zero-order valence-electron chi connectivity index (χ0n) is 14.0. The summed E-state index contributed by atoms with van der Waals surface area (Å²) < 4.78 is 56.3. The molecule has 0 spiro atoms. The summed E-state index contributed by atoms with van der Waals surface area (Å²) in [5.74, 6) is -3.97. The molecule has 0 aromatic heterocycles. The maximum absolute atomic E-state index is 10.0. The molecule has 2 atom stereocenters. The van der Waals surface area contributed by atoms with Gasteiger partial charge in [0.05, 0.1) is 24.0 Å². The Labute approximate surface area is 206 Å². The monoisotopic (exact) mass is 500 g/mol. The van der Waals surface area contributed by atoms with Crippen LogP contribution in [0.25, 0.3) is 0 Å². The van der Waals surface area contributed by atoms with E-state index in [-0.39, 0.29) is 97.1 Å². The van der Waals surface area contributed by atoms with Gasteiger partial charge in [0.2, 0.25) is 0 Å². The molecular weight excluding hydrogens is 482 g/mol. The molecule has 0 unspecified atom stereocenters. The number of hydrogen-bond acceptors (Lipinski definition) is 12. The molecule has 0 bridgehead atoms. The van der Waals surface area contributed by atoms with Crippen LogP contribution in [0.15, 0.2) is 0 Å². The summed E-state index contributed by atoms with van der Waals surface area (Å²) in [6.45, 7) is 0. The summed E-state index contributed by atoms with van der Waals surface area (Å²) in [7, 11) is -8.31. The summed E-state index contributed by atoms with van der Waals surface area (Å²) in [5, 5.41) is 19.8. The van der Waals surface area contributed by atoms with Gasteiger partial charge in [0.1, 0.15) is 0 Å². The Hall–Kier alpha value is 1.26. The van der Waals surface area contributed by atoms with Crippen molar-refractivity contribution in [1.29, 1.82) is 0 Å². The molecule has 0 aromatic carbocycles. The van der Waals surface area contributed by atoms with E-state index in [0.29, 0.717) is 0 Å². The van der Waals surface area contributed by atoms with Crippen molar-refractivity contribution >= 4 is 51.8 Å². The first-order valence-corrected chi connectivity index (χ1v) is 10.7. The van der Waals surface area contributed by atoms with Crippen molar-refractivity contribution in [2.75, 3.05) is 11.5 Å². The van der Waals surface area contributed by atoms with Crippen LogP contribution in [0.5, 0.6) is 0 Å². The predicted molar refractivity (Wildman–Crippen MR) is 84.8 cm³/mol. The average Bonchev–Trinajstić information content (AvgIpc) is 2.31. The van der Waals surface area contributed by atoms with E-state index < -0.39 is 53.8 Å². The minimum atomic E-state index is -4.21. The number of carbonyl (C=O) groups excluding carboxylic acids is 2. The first kappa shape index (κ1) is 46.5. The fourth-order valence-corrected chi connectivity index (χ4v) is 3.28. The second kappa shape index (κ2) is 22.0. The van der Waals surface area contributed by atoms with Gasteiger partial charge in [0, 0.05) is 11.5 Å². The topological polar surface area (TPSA) is 336 Å². The molecule has 0 aliphatic heterocycles. The van der Waals surface area contributed by atoms with Crippen LogP contribution in [-0.2, 0) is 27.9 Å². The molecule has 0 rings (SSSR count). The van der Waals surface area contributed by atoms with Gasteiger partial charge >= 0.3 is 77.4 Å². The molecule has 0 saturated heterocycles. The number of carboxylic acids is 2. The number of rotatable bonds is 8. The summed E-state index contributed by atoms with van der Waals surface area (Å²) >= 11 is 0. The van der Waals surface area contributed by atoms with E-state index in [0.717, 1.165) is 0 Å². The Kier molecular flexibility index (Phi) is 37.8. The Morgan fingerprint density at radius 1 is 0.778 bits per heavy atom. The van der Waals surface area contributed by atoms with E-state index in [2.05, 4.69) is 0 Å². The fraction of sp³-hybridized carbons (Fsp3) is 0.667. The van der Waals surface area contributed by atoms with Gasteiger partial charge in [-0.15, -0.1) is 0 Å². The number of aliphatic carboxylic acids is 2. The molecule has 0 aliphatic rings. The Bertz CT molecular complexity index is 534. The molecule has 0 saturated carbocycles. The van der Waals surface area contributed by atoms with E-state index >= 15 is 0 Å². The zero-order chi connectivity index (χ0) is 18.1. The molecule has 0 heterocycles. The molecule has 0 amide bonds. The summed E-state index contributed by atoms with van der Waals surface area (Å²) in [5.41, 5.74) is 9.73. The molecule has 0 aliphatic carbocycles. The van der Waals surface area contributed by atoms with E-state index in [4.69, 9.17) is 20.6 Å². The predicted octanol–water partition coefficient (Wildman–Crippen LogP) is -13.3. The number of carboxylic acid groups (broad SMARTS) is 2. The SMILES string of the molecule is N[C@@H](CSS(=O)(=O)O)C(=O)[O-].N[C@@H](CSS(=O)(=O)O)C(=O)[O-].O.O.O.[Na+].[Na+]. The fourth-order valence-electron chi connectivity index (χ4n) is 0.455. The minimum Gasteiger partial charge on any atom is -0.548 e. The molecule has 0 fully saturated rings. The molecule has 27 heavy (non-hydrogen) atoms. The molecule has 0 radical (unpaired) electrons. The van der Waals surface area contributed by atoms with E-state index in [1.54, 1.807) is 0 Å². The molecule has 0 aromatic rings. The smallest absolute Gasteiger partial charge is 0.548 e. The first-order valence-electron chi connectivity index (χ1n) is 4.82. The van der Waals surface area contributed by atoms with Crippen LogP contribution >= 0.6 is 21.6 Å². The van der Waals surface area contributed by atoms with Crippen molar-refractivity contribution in [3.05, 3.63) is 0 Å². The van der Waals surface area contributed by atoms with Crippen LogP contribution in [0.4, 0.5) is 0 Å². The Morgan fingerprint density at radius 2 is 0.963 bits per heavy atom. The van der Waals surface area contributed by atoms with Crippen molar-refractivity contribution in [1.82, 2.24) is 0 Å². The van der Waals surface area contributed by atoms with Crippen LogP contribution in [0.2, 0.25) is 0 Å². The molecule has 15 nitrogen and oxygen atoms in total. The van der Waals surface area contributed by atoms with Crippen LogP contribution < -0.4 is 80.8 Å². The summed E-state index contributed by atoms with van der Waals surface area (Å²) in [4.78, 5) is 19.8. The standard InChI is InChI=1S/2C3H7NO5S2.2Na.3H2O/c2*4-2(3(5)6)1-10-11(7,8)9;;;;;/h2*2H,1,4H2,(H,5,6)(H,7,8,9);;;3*1H2/q;;2*+1;;;/p-2/t2*2-;;;;;/m00...../s1. The molecule has 12 N–H and O–H groups in total. The van der Waals surface area contributed by atoms with Crippen LogP contribution in [-0.4, -0.2) is 77.9 Å². The van der Waals surface area contributed by atoms with Gasteiger partial charge in [-0.05, 0) is 21.6 Å². The normalized spacial score (nSPS) is 11.7. The molecule has 21 heteroatoms. The molecular formula is C6H18N2Na2O13S4. The van der Waals surface area contributed by atoms with Gasteiger partial charge in [-0.25, -0.2) is 0 Å². The van der Waals surface area contributed by atoms with Crippen LogP contribution in [0.3, 0.4) is 0 Å². The van der Waals surface area contributed by atoms with E-state index in [1.807, 2.05) is 0 Å². The number of carbonyl (C=O) groups is 2. The third-order valence-electron chi connectivity index (χ3n) is 1.40. The average molecular weight is 500 g/mol. The van der Waals surface area contributed by atoms with E-state index in [1.165, 1.54) is 0 Å². The maximum atomic E-state index is 10.0. The summed E-state index contributed by atoms with van der Waals surface area (Å²) in [6, 6.07) is -2.77. The van der Waals surface area contributed by atoms with Crippen molar-refractivity contribution in [3.8, 4) is 0 Å². The van der Waals surface area contributed by atoms with Gasteiger partial charge in [-0.1, -0.05) is 0 Å². The maximum Gasteiger partial charge on any atom is 1.00 e. The zero-order valence-corrected chi connectivity index (χ0v) is 21.3. The van der Waals surface area contributed by atoms with Crippen LogP contribution in [0, 0.1) is 0 Å². The van der Waals surface area contributed by atoms with Crippen LogP contribution in [0.1, 0.15) is 0 Å². The minimum absolute atomic E-state index is 0. The van der Waals surface area contributed by atoms with Gasteiger partial charge in [-0.2, -0.15) is 16.8 Å².